The monoisotopic (exact) mass is 348 g/mol. The van der Waals surface area contributed by atoms with E-state index in [1.807, 2.05) is 0 Å². The highest BCUT2D eigenvalue weighted by molar-refractivity contribution is 5.94. The second kappa shape index (κ2) is 8.99. The van der Waals surface area contributed by atoms with Crippen LogP contribution in [-0.4, -0.2) is 59.5 Å². The van der Waals surface area contributed by atoms with Crippen LogP contribution < -0.4 is 5.32 Å². The van der Waals surface area contributed by atoms with E-state index in [1.165, 1.54) is 25.5 Å². The molecule has 0 bridgehead atoms. The van der Waals surface area contributed by atoms with Gasteiger partial charge in [-0.3, -0.25) is 9.59 Å². The highest BCUT2D eigenvalue weighted by Crippen LogP contribution is 2.25. The molecule has 1 aromatic rings. The quantitative estimate of drug-likeness (QED) is 0.816. The minimum atomic E-state index is -0.223. The van der Waals surface area contributed by atoms with Gasteiger partial charge in [0.15, 0.2) is 5.82 Å². The summed E-state index contributed by atoms with van der Waals surface area (Å²) in [6.45, 7) is 3.72. The van der Waals surface area contributed by atoms with E-state index in [-0.39, 0.29) is 24.3 Å². The Hall–Kier alpha value is -1.89. The molecule has 0 unspecified atom stereocenters. The molecule has 1 aliphatic heterocycles. The molecule has 0 radical (unpaired) electrons. The van der Waals surface area contributed by atoms with Gasteiger partial charge < -0.3 is 19.6 Å². The van der Waals surface area contributed by atoms with Crippen LogP contribution in [0.25, 0.3) is 0 Å². The summed E-state index contributed by atoms with van der Waals surface area (Å²) < 4.78 is 4.73. The van der Waals surface area contributed by atoms with Gasteiger partial charge in [0, 0.05) is 25.1 Å². The lowest BCUT2D eigenvalue weighted by Gasteiger charge is -2.30. The van der Waals surface area contributed by atoms with Crippen LogP contribution in [0.3, 0.4) is 0 Å². The largest absolute Gasteiger partial charge is 0.363 e. The highest BCUT2D eigenvalue weighted by Gasteiger charge is 2.28. The van der Waals surface area contributed by atoms with Crippen molar-refractivity contribution in [2.24, 2.45) is 5.92 Å². The number of rotatable bonds is 7. The minimum absolute atomic E-state index is 0.0761. The van der Waals surface area contributed by atoms with Gasteiger partial charge in [-0.05, 0) is 38.8 Å². The summed E-state index contributed by atoms with van der Waals surface area (Å²) in [4.78, 5) is 29.3. The molecule has 2 heterocycles. The lowest BCUT2D eigenvalue weighted by atomic mass is 9.88. The van der Waals surface area contributed by atoms with Crippen molar-refractivity contribution >= 4 is 17.6 Å². The molecule has 25 heavy (non-hydrogen) atoms. The molecule has 1 saturated heterocycles. The second-order valence-electron chi connectivity index (χ2n) is 7.08. The van der Waals surface area contributed by atoms with Crippen molar-refractivity contribution in [1.29, 1.82) is 0 Å². The Morgan fingerprint density at radius 2 is 1.96 bits per heavy atom. The molecule has 0 atom stereocenters. The third kappa shape index (κ3) is 5.29. The van der Waals surface area contributed by atoms with E-state index in [9.17, 15) is 9.59 Å². The zero-order chi connectivity index (χ0) is 17.5. The lowest BCUT2D eigenvalue weighted by Crippen LogP contribution is -2.45. The number of carbonyl (C=O) groups is 2. The van der Waals surface area contributed by atoms with Gasteiger partial charge in [-0.25, -0.2) is 0 Å². The predicted octanol–water partition coefficient (Wildman–Crippen LogP) is 2.12. The van der Waals surface area contributed by atoms with Crippen LogP contribution in [0.5, 0.6) is 0 Å². The fourth-order valence-corrected chi connectivity index (χ4v) is 3.78. The molecule has 1 N–H and O–H groups in total. The number of likely N-dealkylation sites (tertiary alicyclic amines) is 1. The number of anilines is 1. The first-order valence-corrected chi connectivity index (χ1v) is 9.44. The Morgan fingerprint density at radius 1 is 1.20 bits per heavy atom. The number of nitrogens with one attached hydrogen (secondary N) is 1. The summed E-state index contributed by atoms with van der Waals surface area (Å²) in [5, 5.41) is 6.38. The Labute approximate surface area is 148 Å². The Bertz CT molecular complexity index is 549. The summed E-state index contributed by atoms with van der Waals surface area (Å²) >= 11 is 0. The molecule has 0 spiro atoms. The van der Waals surface area contributed by atoms with Gasteiger partial charge in [0.25, 0.3) is 0 Å². The molecular formula is C18H28N4O3. The smallest absolute Gasteiger partial charge is 0.245 e. The summed E-state index contributed by atoms with van der Waals surface area (Å²) in [7, 11) is 0. The Morgan fingerprint density at radius 3 is 2.64 bits per heavy atom. The number of hydrogen-bond acceptors (Lipinski definition) is 5. The van der Waals surface area contributed by atoms with Crippen molar-refractivity contribution in [3.05, 3.63) is 12.3 Å². The summed E-state index contributed by atoms with van der Waals surface area (Å²) in [6.07, 6.45) is 9.20. The first-order valence-electron chi connectivity index (χ1n) is 9.44. The number of nitrogens with zero attached hydrogens (tertiary/aromatic N) is 3. The van der Waals surface area contributed by atoms with Crippen molar-refractivity contribution in [2.75, 3.05) is 38.0 Å². The summed E-state index contributed by atoms with van der Waals surface area (Å²) in [5.74, 6) is 0.371. The summed E-state index contributed by atoms with van der Waals surface area (Å²) in [5.41, 5.74) is 0. The maximum Gasteiger partial charge on any atom is 0.245 e. The molecule has 138 valence electrons. The molecular weight excluding hydrogens is 320 g/mol. The molecule has 1 aliphatic carbocycles. The first-order chi connectivity index (χ1) is 12.2. The number of carbonyl (C=O) groups excluding carboxylic acids is 2. The van der Waals surface area contributed by atoms with Gasteiger partial charge in [-0.15, -0.1) is 0 Å². The van der Waals surface area contributed by atoms with E-state index in [0.29, 0.717) is 12.4 Å². The fraction of sp³-hybridized carbons (Fsp3) is 0.722. The van der Waals surface area contributed by atoms with Gasteiger partial charge in [0.1, 0.15) is 6.26 Å². The molecule has 7 heteroatoms. The first kappa shape index (κ1) is 17.9. The van der Waals surface area contributed by atoms with Gasteiger partial charge >= 0.3 is 0 Å². The van der Waals surface area contributed by atoms with Crippen LogP contribution in [0.1, 0.15) is 44.9 Å². The number of amides is 2. The average molecular weight is 348 g/mol. The standard InChI is InChI=1S/C18H28N4O3/c23-17(19-16-8-13-25-20-16)14-22(12-11-21-9-4-5-10-21)18(24)15-6-2-1-3-7-15/h8,13,15H,1-7,9-12,14H2,(H,19,20,23). The number of hydrogen-bond donors (Lipinski definition) is 1. The third-order valence-corrected chi connectivity index (χ3v) is 5.19. The van der Waals surface area contributed by atoms with E-state index >= 15 is 0 Å². The SMILES string of the molecule is O=C(CN(CCN1CCCC1)C(=O)C1CCCCC1)Nc1ccon1. The van der Waals surface area contributed by atoms with Crippen molar-refractivity contribution in [3.63, 3.8) is 0 Å². The maximum absolute atomic E-state index is 12.9. The highest BCUT2D eigenvalue weighted by atomic mass is 16.5. The fourth-order valence-electron chi connectivity index (χ4n) is 3.78. The van der Waals surface area contributed by atoms with Crippen molar-refractivity contribution < 1.29 is 14.1 Å². The molecule has 3 rings (SSSR count). The molecule has 2 fully saturated rings. The van der Waals surface area contributed by atoms with E-state index < -0.39 is 0 Å². The predicted molar refractivity (Wildman–Crippen MR) is 94.0 cm³/mol. The van der Waals surface area contributed by atoms with Crippen molar-refractivity contribution in [1.82, 2.24) is 15.0 Å². The lowest BCUT2D eigenvalue weighted by molar-refractivity contribution is -0.139. The Kier molecular flexibility index (Phi) is 6.44. The molecule has 2 aliphatic rings. The van der Waals surface area contributed by atoms with E-state index in [2.05, 4.69) is 15.4 Å². The van der Waals surface area contributed by atoms with Gasteiger partial charge in [-0.1, -0.05) is 24.4 Å². The normalized spacial score (nSPS) is 19.0. The zero-order valence-electron chi connectivity index (χ0n) is 14.8. The van der Waals surface area contributed by atoms with Gasteiger partial charge in [-0.2, -0.15) is 0 Å². The molecule has 1 saturated carbocycles. The van der Waals surface area contributed by atoms with E-state index in [1.54, 1.807) is 11.0 Å². The topological polar surface area (TPSA) is 78.7 Å². The zero-order valence-corrected chi connectivity index (χ0v) is 14.8. The molecule has 7 nitrogen and oxygen atoms in total. The van der Waals surface area contributed by atoms with Gasteiger partial charge in [0.2, 0.25) is 11.8 Å². The van der Waals surface area contributed by atoms with E-state index in [4.69, 9.17) is 4.52 Å². The number of aromatic nitrogens is 1. The van der Waals surface area contributed by atoms with Gasteiger partial charge in [0.05, 0.1) is 6.54 Å². The molecule has 2 amide bonds. The molecule has 0 aromatic carbocycles. The minimum Gasteiger partial charge on any atom is -0.363 e. The Balaban J connectivity index is 1.57. The van der Waals surface area contributed by atoms with Crippen LogP contribution in [0.2, 0.25) is 0 Å². The summed E-state index contributed by atoms with van der Waals surface area (Å²) in [6, 6.07) is 1.59. The maximum atomic E-state index is 12.9. The third-order valence-electron chi connectivity index (χ3n) is 5.19. The van der Waals surface area contributed by atoms with Crippen LogP contribution in [0, 0.1) is 5.92 Å². The van der Waals surface area contributed by atoms with Crippen LogP contribution in [0.4, 0.5) is 5.82 Å². The van der Waals surface area contributed by atoms with E-state index in [0.717, 1.165) is 45.3 Å². The van der Waals surface area contributed by atoms with Crippen LogP contribution >= 0.6 is 0 Å². The van der Waals surface area contributed by atoms with Crippen LogP contribution in [-0.2, 0) is 9.59 Å². The average Bonchev–Trinajstić information content (AvgIpc) is 3.32. The van der Waals surface area contributed by atoms with Crippen molar-refractivity contribution in [2.45, 2.75) is 44.9 Å². The second-order valence-corrected chi connectivity index (χ2v) is 7.08. The van der Waals surface area contributed by atoms with Crippen molar-refractivity contribution in [3.8, 4) is 0 Å². The molecule has 1 aromatic heterocycles. The van der Waals surface area contributed by atoms with Crippen LogP contribution in [0.15, 0.2) is 16.9 Å².